The molecule has 32 heavy (non-hydrogen) atoms. The van der Waals surface area contributed by atoms with Crippen molar-refractivity contribution in [2.75, 3.05) is 27.3 Å². The molecule has 1 amide bonds. The maximum atomic E-state index is 13.4. The number of methoxy groups -OCH3 is 2. The van der Waals surface area contributed by atoms with Gasteiger partial charge >= 0.3 is 0 Å². The number of carbonyl (C=O) groups excluding carboxylic acids is 1. The van der Waals surface area contributed by atoms with Crippen molar-refractivity contribution in [1.82, 2.24) is 9.47 Å². The van der Waals surface area contributed by atoms with Crippen LogP contribution in [0.4, 0.5) is 0 Å². The lowest BCUT2D eigenvalue weighted by Crippen LogP contribution is -2.33. The number of likely N-dealkylation sites (tertiary alicyclic amines) is 1. The molecule has 2 N–H and O–H groups in total. The van der Waals surface area contributed by atoms with Crippen LogP contribution in [0.15, 0.2) is 35.7 Å². The van der Waals surface area contributed by atoms with E-state index in [1.54, 1.807) is 25.6 Å². The van der Waals surface area contributed by atoms with Gasteiger partial charge in [0.05, 0.1) is 19.9 Å². The van der Waals surface area contributed by atoms with E-state index in [-0.39, 0.29) is 11.9 Å². The highest BCUT2D eigenvalue weighted by Gasteiger charge is 2.32. The highest BCUT2D eigenvalue weighted by atomic mass is 32.1. The van der Waals surface area contributed by atoms with Gasteiger partial charge in [-0.3, -0.25) is 4.79 Å². The van der Waals surface area contributed by atoms with Gasteiger partial charge in [-0.05, 0) is 48.1 Å². The number of benzene rings is 1. The second-order valence-corrected chi connectivity index (χ2v) is 8.78. The van der Waals surface area contributed by atoms with E-state index >= 15 is 0 Å². The summed E-state index contributed by atoms with van der Waals surface area (Å²) in [7, 11) is 3.31. The molecule has 7 heteroatoms. The van der Waals surface area contributed by atoms with Crippen LogP contribution < -0.4 is 15.2 Å². The second-order valence-electron chi connectivity index (χ2n) is 7.84. The third-order valence-electron chi connectivity index (χ3n) is 6.08. The Morgan fingerprint density at radius 1 is 1.09 bits per heavy atom. The molecular weight excluding hydrogens is 422 g/mol. The van der Waals surface area contributed by atoms with Crippen LogP contribution >= 0.6 is 11.3 Å². The minimum Gasteiger partial charge on any atom is -0.493 e. The monoisotopic (exact) mass is 453 g/mol. The van der Waals surface area contributed by atoms with Crippen molar-refractivity contribution < 1.29 is 14.3 Å². The Kier molecular flexibility index (Phi) is 6.58. The molecule has 1 fully saturated rings. The van der Waals surface area contributed by atoms with E-state index in [1.165, 1.54) is 5.56 Å². The van der Waals surface area contributed by atoms with Crippen LogP contribution in [0.3, 0.4) is 0 Å². The van der Waals surface area contributed by atoms with Crippen molar-refractivity contribution in [3.05, 3.63) is 47.0 Å². The van der Waals surface area contributed by atoms with Crippen LogP contribution in [0.25, 0.3) is 21.7 Å². The van der Waals surface area contributed by atoms with Crippen molar-refractivity contribution in [3.8, 4) is 33.2 Å². The first-order valence-corrected chi connectivity index (χ1v) is 12.1. The molecule has 0 saturated carbocycles. The summed E-state index contributed by atoms with van der Waals surface area (Å²) >= 11 is 1.68. The molecule has 170 valence electrons. The number of thiophene rings is 1. The molecule has 1 saturated heterocycles. The first-order chi connectivity index (χ1) is 15.6. The standard InChI is InChI=1S/C23H25N3O3S.C2H6/c1-28-19-10-14-5-8-26-18(23(27)25-7-6-15(24)13-25)11-17(21-4-3-9-30-21)22(26)16(14)12-20(19)29-2;1-2/h3-4,9-12,15H,5-8,13,24H2,1-2H3;1-2H3/t15-;/m1./s1. The molecule has 3 aromatic rings. The third kappa shape index (κ3) is 3.80. The zero-order valence-corrected chi connectivity index (χ0v) is 20.0. The molecule has 5 rings (SSSR count). The minimum absolute atomic E-state index is 0.0657. The van der Waals surface area contributed by atoms with Gasteiger partial charge in [0.1, 0.15) is 5.69 Å². The largest absolute Gasteiger partial charge is 0.493 e. The zero-order valence-electron chi connectivity index (χ0n) is 19.2. The summed E-state index contributed by atoms with van der Waals surface area (Å²) in [5, 5.41) is 2.07. The summed E-state index contributed by atoms with van der Waals surface area (Å²) in [5.41, 5.74) is 11.3. The lowest BCUT2D eigenvalue weighted by atomic mass is 9.95. The average Bonchev–Trinajstić information content (AvgIpc) is 3.58. The smallest absolute Gasteiger partial charge is 0.270 e. The first-order valence-electron chi connectivity index (χ1n) is 11.2. The topological polar surface area (TPSA) is 69.7 Å². The fourth-order valence-corrected chi connectivity index (χ4v) is 5.33. The fraction of sp³-hybridized carbons (Fsp3) is 0.400. The number of hydrogen-bond donors (Lipinski definition) is 1. The van der Waals surface area contributed by atoms with Gasteiger partial charge in [-0.2, -0.15) is 0 Å². The minimum atomic E-state index is 0.0657. The molecule has 2 aliphatic rings. The van der Waals surface area contributed by atoms with Gasteiger partial charge < -0.3 is 24.7 Å². The van der Waals surface area contributed by atoms with Gasteiger partial charge in [-0.25, -0.2) is 0 Å². The van der Waals surface area contributed by atoms with Crippen LogP contribution in [-0.4, -0.2) is 48.7 Å². The van der Waals surface area contributed by atoms with Gasteiger partial charge in [-0.1, -0.05) is 19.9 Å². The molecule has 0 radical (unpaired) electrons. The Labute approximate surface area is 193 Å². The normalized spacial score (nSPS) is 16.7. The third-order valence-corrected chi connectivity index (χ3v) is 6.99. The first kappa shape index (κ1) is 22.4. The quantitative estimate of drug-likeness (QED) is 0.624. The number of hydrogen-bond acceptors (Lipinski definition) is 5. The number of amides is 1. The van der Waals surface area contributed by atoms with Gasteiger partial charge in [0.2, 0.25) is 0 Å². The van der Waals surface area contributed by atoms with E-state index in [0.717, 1.165) is 59.1 Å². The number of fused-ring (bicyclic) bond motifs is 3. The molecule has 6 nitrogen and oxygen atoms in total. The maximum Gasteiger partial charge on any atom is 0.270 e. The van der Waals surface area contributed by atoms with Crippen LogP contribution in [0.1, 0.15) is 36.3 Å². The van der Waals surface area contributed by atoms with Gasteiger partial charge in [0, 0.05) is 41.7 Å². The molecular formula is C25H31N3O3S. The van der Waals surface area contributed by atoms with Crippen molar-refractivity contribution in [2.24, 2.45) is 5.73 Å². The number of ether oxygens (including phenoxy) is 2. The predicted molar refractivity (Wildman–Crippen MR) is 130 cm³/mol. The van der Waals surface area contributed by atoms with Crippen molar-refractivity contribution >= 4 is 17.2 Å². The molecule has 4 heterocycles. The number of nitrogens with two attached hydrogens (primary N) is 1. The second kappa shape index (κ2) is 9.38. The Morgan fingerprint density at radius 2 is 1.84 bits per heavy atom. The Hall–Kier alpha value is -2.77. The number of aryl methyl sites for hydroxylation is 1. The van der Waals surface area contributed by atoms with E-state index in [4.69, 9.17) is 15.2 Å². The number of nitrogens with zero attached hydrogens (tertiary/aromatic N) is 2. The Bertz CT molecular complexity index is 1100. The molecule has 1 atom stereocenters. The Morgan fingerprint density at radius 3 is 2.47 bits per heavy atom. The SMILES string of the molecule is CC.COc1cc2c(cc1OC)-c1c(-c3cccs3)cc(C(=O)N3CC[C@@H](N)C3)n1CC2. The van der Waals surface area contributed by atoms with E-state index in [2.05, 4.69) is 28.1 Å². The highest BCUT2D eigenvalue weighted by molar-refractivity contribution is 7.13. The van der Waals surface area contributed by atoms with Gasteiger partial charge in [0.15, 0.2) is 11.5 Å². The van der Waals surface area contributed by atoms with Crippen molar-refractivity contribution in [2.45, 2.75) is 39.3 Å². The number of rotatable bonds is 4. The highest BCUT2D eigenvalue weighted by Crippen LogP contribution is 2.45. The molecule has 1 aromatic carbocycles. The summed E-state index contributed by atoms with van der Waals surface area (Å²) in [6.45, 7) is 6.09. The van der Waals surface area contributed by atoms with E-state index in [0.29, 0.717) is 12.3 Å². The fourth-order valence-electron chi connectivity index (χ4n) is 4.58. The lowest BCUT2D eigenvalue weighted by Gasteiger charge is -2.25. The predicted octanol–water partition coefficient (Wildman–Crippen LogP) is 4.66. The molecule has 0 unspecified atom stereocenters. The molecule has 0 aliphatic carbocycles. The van der Waals surface area contributed by atoms with Gasteiger partial charge in [-0.15, -0.1) is 11.3 Å². The average molecular weight is 454 g/mol. The summed E-state index contributed by atoms with van der Waals surface area (Å²) in [6, 6.07) is 10.4. The number of aromatic nitrogens is 1. The zero-order chi connectivity index (χ0) is 22.8. The van der Waals surface area contributed by atoms with E-state index in [9.17, 15) is 4.79 Å². The van der Waals surface area contributed by atoms with Crippen molar-refractivity contribution in [3.63, 3.8) is 0 Å². The van der Waals surface area contributed by atoms with Crippen molar-refractivity contribution in [1.29, 1.82) is 0 Å². The van der Waals surface area contributed by atoms with Gasteiger partial charge in [0.25, 0.3) is 5.91 Å². The lowest BCUT2D eigenvalue weighted by molar-refractivity contribution is 0.0780. The maximum absolute atomic E-state index is 13.4. The summed E-state index contributed by atoms with van der Waals surface area (Å²) < 4.78 is 13.3. The molecule has 0 bridgehead atoms. The van der Waals surface area contributed by atoms with E-state index < -0.39 is 0 Å². The molecule has 0 spiro atoms. The summed E-state index contributed by atoms with van der Waals surface area (Å²) in [4.78, 5) is 16.4. The van der Waals surface area contributed by atoms with Crippen LogP contribution in [0, 0.1) is 0 Å². The summed E-state index contributed by atoms with van der Waals surface area (Å²) in [5.74, 6) is 1.49. The van der Waals surface area contributed by atoms with Crippen LogP contribution in [0.2, 0.25) is 0 Å². The Balaban J connectivity index is 0.00000119. The van der Waals surface area contributed by atoms with Crippen LogP contribution in [-0.2, 0) is 13.0 Å². The van der Waals surface area contributed by atoms with Crippen LogP contribution in [0.5, 0.6) is 11.5 Å². The summed E-state index contributed by atoms with van der Waals surface area (Å²) in [6.07, 6.45) is 1.69. The molecule has 2 aliphatic heterocycles. The number of carbonyl (C=O) groups is 1. The van der Waals surface area contributed by atoms with E-state index in [1.807, 2.05) is 30.9 Å². The molecule has 2 aromatic heterocycles.